The molecule has 2 N–H and O–H groups in total. The molecule has 0 aromatic heterocycles. The van der Waals surface area contributed by atoms with Crippen LogP contribution in [0.25, 0.3) is 0 Å². The molecular formula is C19H20ClFN2OS. The van der Waals surface area contributed by atoms with Crippen LogP contribution in [0.3, 0.4) is 0 Å². The minimum Gasteiger partial charge on any atom is -0.487 e. The first kappa shape index (κ1) is 18.0. The standard InChI is InChI=1S/C19H20ClFN2OS/c1-11-4-6-13-16(10-19(2,3)24-17(13)8-11)23-18(25)22-12-5-7-15(21)14(20)9-12/h4-9,16H,10H2,1-3H3,(H2,22,23,25)/t16-/m1/s1. The molecule has 6 heteroatoms. The third-order valence-electron chi connectivity index (χ3n) is 4.11. The van der Waals surface area contributed by atoms with E-state index in [4.69, 9.17) is 28.6 Å². The Labute approximate surface area is 157 Å². The Morgan fingerprint density at radius 1 is 1.28 bits per heavy atom. The molecule has 2 aromatic carbocycles. The topological polar surface area (TPSA) is 33.3 Å². The van der Waals surface area contributed by atoms with Crippen LogP contribution in [0, 0.1) is 12.7 Å². The average Bonchev–Trinajstić information content (AvgIpc) is 2.49. The maximum Gasteiger partial charge on any atom is 0.171 e. The number of rotatable bonds is 2. The molecule has 3 rings (SSSR count). The second-order valence-corrected chi connectivity index (χ2v) is 7.70. The van der Waals surface area contributed by atoms with Gasteiger partial charge in [-0.1, -0.05) is 23.7 Å². The van der Waals surface area contributed by atoms with Gasteiger partial charge in [0.2, 0.25) is 0 Å². The highest BCUT2D eigenvalue weighted by atomic mass is 35.5. The van der Waals surface area contributed by atoms with Crippen LogP contribution in [0.1, 0.15) is 37.4 Å². The van der Waals surface area contributed by atoms with Crippen LogP contribution in [0.5, 0.6) is 5.75 Å². The molecule has 1 aliphatic heterocycles. The highest BCUT2D eigenvalue weighted by molar-refractivity contribution is 7.80. The molecule has 0 fully saturated rings. The molecule has 1 aliphatic rings. The third kappa shape index (κ3) is 4.22. The number of ether oxygens (including phenoxy) is 1. The van der Waals surface area contributed by atoms with Gasteiger partial charge in [0, 0.05) is 17.7 Å². The minimum atomic E-state index is -0.457. The predicted molar refractivity (Wildman–Crippen MR) is 104 cm³/mol. The molecule has 0 amide bonds. The molecule has 0 saturated heterocycles. The van der Waals surface area contributed by atoms with Crippen molar-refractivity contribution >= 4 is 34.6 Å². The zero-order valence-electron chi connectivity index (χ0n) is 14.3. The van der Waals surface area contributed by atoms with Crippen LogP contribution in [0.2, 0.25) is 5.02 Å². The normalized spacial score (nSPS) is 18.0. The fourth-order valence-electron chi connectivity index (χ4n) is 2.99. The second-order valence-electron chi connectivity index (χ2n) is 6.89. The summed E-state index contributed by atoms with van der Waals surface area (Å²) in [4.78, 5) is 0. The van der Waals surface area contributed by atoms with E-state index in [-0.39, 0.29) is 16.7 Å². The molecule has 0 bridgehead atoms. The molecule has 1 heterocycles. The number of fused-ring (bicyclic) bond motifs is 1. The molecular weight excluding hydrogens is 359 g/mol. The second kappa shape index (κ2) is 6.81. The summed E-state index contributed by atoms with van der Waals surface area (Å²) in [5.41, 5.74) is 2.56. The maximum atomic E-state index is 13.3. The molecule has 25 heavy (non-hydrogen) atoms. The van der Waals surface area contributed by atoms with E-state index in [0.29, 0.717) is 10.8 Å². The molecule has 0 aliphatic carbocycles. The van der Waals surface area contributed by atoms with E-state index in [9.17, 15) is 4.39 Å². The van der Waals surface area contributed by atoms with Crippen molar-refractivity contribution in [2.24, 2.45) is 0 Å². The fourth-order valence-corrected chi connectivity index (χ4v) is 3.43. The number of anilines is 1. The highest BCUT2D eigenvalue weighted by Crippen LogP contribution is 2.39. The number of benzene rings is 2. The molecule has 0 radical (unpaired) electrons. The molecule has 3 nitrogen and oxygen atoms in total. The van der Waals surface area contributed by atoms with Crippen molar-refractivity contribution in [2.45, 2.75) is 38.8 Å². The SMILES string of the molecule is Cc1ccc2c(c1)OC(C)(C)C[C@H]2NC(=S)Nc1ccc(F)c(Cl)c1. The van der Waals surface area contributed by atoms with Gasteiger partial charge in [-0.3, -0.25) is 0 Å². The van der Waals surface area contributed by atoms with Gasteiger partial charge in [-0.05, 0) is 62.8 Å². The lowest BCUT2D eigenvalue weighted by atomic mass is 9.89. The lowest BCUT2D eigenvalue weighted by molar-refractivity contribution is 0.0696. The van der Waals surface area contributed by atoms with E-state index < -0.39 is 5.82 Å². The number of hydrogen-bond donors (Lipinski definition) is 2. The van der Waals surface area contributed by atoms with Gasteiger partial charge in [0.1, 0.15) is 17.2 Å². The van der Waals surface area contributed by atoms with Gasteiger partial charge >= 0.3 is 0 Å². The van der Waals surface area contributed by atoms with Crippen LogP contribution >= 0.6 is 23.8 Å². The van der Waals surface area contributed by atoms with Gasteiger partial charge in [0.05, 0.1) is 11.1 Å². The van der Waals surface area contributed by atoms with Crippen molar-refractivity contribution in [2.75, 3.05) is 5.32 Å². The zero-order chi connectivity index (χ0) is 18.2. The van der Waals surface area contributed by atoms with Crippen molar-refractivity contribution in [1.82, 2.24) is 5.32 Å². The van der Waals surface area contributed by atoms with Crippen LogP contribution in [-0.4, -0.2) is 10.7 Å². The van der Waals surface area contributed by atoms with E-state index >= 15 is 0 Å². The summed E-state index contributed by atoms with van der Waals surface area (Å²) in [6.45, 7) is 6.16. The number of thiocarbonyl (C=S) groups is 1. The van der Waals surface area contributed by atoms with E-state index in [0.717, 1.165) is 23.3 Å². The molecule has 132 valence electrons. The lowest BCUT2D eigenvalue weighted by Gasteiger charge is -2.38. The summed E-state index contributed by atoms with van der Waals surface area (Å²) in [7, 11) is 0. The Hall–Kier alpha value is -1.85. The summed E-state index contributed by atoms with van der Waals surface area (Å²) in [6.07, 6.45) is 0.773. The Bertz CT molecular complexity index is 825. The molecule has 1 atom stereocenters. The van der Waals surface area contributed by atoms with Crippen LogP contribution < -0.4 is 15.4 Å². The molecule has 0 saturated carbocycles. The van der Waals surface area contributed by atoms with Crippen LogP contribution in [-0.2, 0) is 0 Å². The highest BCUT2D eigenvalue weighted by Gasteiger charge is 2.34. The van der Waals surface area contributed by atoms with Crippen molar-refractivity contribution in [1.29, 1.82) is 0 Å². The Kier molecular flexibility index (Phi) is 4.89. The number of hydrogen-bond acceptors (Lipinski definition) is 2. The maximum absolute atomic E-state index is 13.3. The fraction of sp³-hybridized carbons (Fsp3) is 0.316. The third-order valence-corrected chi connectivity index (χ3v) is 4.62. The van der Waals surface area contributed by atoms with Crippen molar-refractivity contribution < 1.29 is 9.13 Å². The Morgan fingerprint density at radius 3 is 2.76 bits per heavy atom. The van der Waals surface area contributed by atoms with Gasteiger partial charge in [0.25, 0.3) is 0 Å². The van der Waals surface area contributed by atoms with E-state index in [1.807, 2.05) is 13.0 Å². The van der Waals surface area contributed by atoms with Gasteiger partial charge in [-0.15, -0.1) is 0 Å². The summed E-state index contributed by atoms with van der Waals surface area (Å²) in [5.74, 6) is 0.419. The summed E-state index contributed by atoms with van der Waals surface area (Å²) in [6, 6.07) is 10.6. The first-order valence-electron chi connectivity index (χ1n) is 8.06. The Balaban J connectivity index is 1.77. The number of halogens is 2. The number of nitrogens with one attached hydrogen (secondary N) is 2. The Morgan fingerprint density at radius 2 is 2.04 bits per heavy atom. The predicted octanol–water partition coefficient (Wildman–Crippen LogP) is 5.38. The zero-order valence-corrected chi connectivity index (χ0v) is 15.9. The van der Waals surface area contributed by atoms with Crippen molar-refractivity contribution in [3.63, 3.8) is 0 Å². The molecule has 2 aromatic rings. The van der Waals surface area contributed by atoms with Crippen LogP contribution in [0.4, 0.5) is 10.1 Å². The largest absolute Gasteiger partial charge is 0.487 e. The summed E-state index contributed by atoms with van der Waals surface area (Å²) >= 11 is 11.2. The summed E-state index contributed by atoms with van der Waals surface area (Å²) < 4.78 is 19.4. The molecule has 0 spiro atoms. The quantitative estimate of drug-likeness (QED) is 0.688. The van der Waals surface area contributed by atoms with Gasteiger partial charge < -0.3 is 15.4 Å². The number of aryl methyl sites for hydroxylation is 1. The monoisotopic (exact) mass is 378 g/mol. The lowest BCUT2D eigenvalue weighted by Crippen LogP contribution is -2.42. The first-order valence-corrected chi connectivity index (χ1v) is 8.84. The van der Waals surface area contributed by atoms with Gasteiger partial charge in [-0.25, -0.2) is 4.39 Å². The van der Waals surface area contributed by atoms with Crippen molar-refractivity contribution in [3.8, 4) is 5.75 Å². The van der Waals surface area contributed by atoms with Gasteiger partial charge in [0.15, 0.2) is 5.11 Å². The first-order chi connectivity index (χ1) is 11.7. The average molecular weight is 379 g/mol. The van der Waals surface area contributed by atoms with E-state index in [1.54, 1.807) is 6.07 Å². The minimum absolute atomic E-state index is 0.0234. The van der Waals surface area contributed by atoms with Crippen LogP contribution in [0.15, 0.2) is 36.4 Å². The summed E-state index contributed by atoms with van der Waals surface area (Å²) in [5, 5.41) is 6.90. The molecule has 0 unspecified atom stereocenters. The van der Waals surface area contributed by atoms with Gasteiger partial charge in [-0.2, -0.15) is 0 Å². The van der Waals surface area contributed by atoms with E-state index in [2.05, 4.69) is 36.6 Å². The van der Waals surface area contributed by atoms with Crippen molar-refractivity contribution in [3.05, 3.63) is 58.4 Å². The van der Waals surface area contributed by atoms with E-state index in [1.165, 1.54) is 12.1 Å². The smallest absolute Gasteiger partial charge is 0.171 e.